The van der Waals surface area contributed by atoms with Crippen molar-refractivity contribution in [3.63, 3.8) is 0 Å². The highest BCUT2D eigenvalue weighted by Crippen LogP contribution is 2.27. The lowest BCUT2D eigenvalue weighted by Gasteiger charge is -2.19. The van der Waals surface area contributed by atoms with Gasteiger partial charge in [0.1, 0.15) is 5.56 Å². The Morgan fingerprint density at radius 2 is 2.00 bits per heavy atom. The first-order valence-electron chi connectivity index (χ1n) is 6.26. The Hall–Kier alpha value is -2.50. The number of fused-ring (bicyclic) bond motifs is 3. The van der Waals surface area contributed by atoms with Crippen LogP contribution < -0.4 is 0 Å². The first-order chi connectivity index (χ1) is 9.38. The van der Waals surface area contributed by atoms with E-state index in [1.54, 1.807) is 6.07 Å². The lowest BCUT2D eigenvalue weighted by molar-refractivity contribution is 0.0698. The van der Waals surface area contributed by atoms with Gasteiger partial charge in [0.05, 0.1) is 5.52 Å². The molecule has 0 atom stereocenters. The van der Waals surface area contributed by atoms with Crippen LogP contribution in [0.3, 0.4) is 0 Å². The molecule has 2 aromatic heterocycles. The summed E-state index contributed by atoms with van der Waals surface area (Å²) in [6, 6.07) is 7.52. The van der Waals surface area contributed by atoms with Gasteiger partial charge in [0, 0.05) is 5.39 Å². The van der Waals surface area contributed by atoms with Gasteiger partial charge >= 0.3 is 5.97 Å². The quantitative estimate of drug-likeness (QED) is 0.733. The highest BCUT2D eigenvalue weighted by atomic mass is 16.4. The van der Waals surface area contributed by atoms with Crippen LogP contribution in [0.15, 0.2) is 24.3 Å². The highest BCUT2D eigenvalue weighted by molar-refractivity contribution is 5.99. The van der Waals surface area contributed by atoms with Crippen molar-refractivity contribution >= 4 is 22.5 Å². The van der Waals surface area contributed by atoms with Crippen LogP contribution in [0, 0.1) is 0 Å². The van der Waals surface area contributed by atoms with E-state index >= 15 is 0 Å². The summed E-state index contributed by atoms with van der Waals surface area (Å²) in [5, 5.41) is 21.3. The van der Waals surface area contributed by atoms with E-state index in [4.69, 9.17) is 0 Å². The fourth-order valence-corrected chi connectivity index (χ4v) is 2.21. The third-order valence-electron chi connectivity index (χ3n) is 3.37. The third kappa shape index (κ3) is 1.80. The maximum atomic E-state index is 11.3. The molecule has 0 amide bonds. The normalized spacial score (nSPS) is 12.2. The minimum atomic E-state index is -1.04. The molecule has 6 nitrogen and oxygen atoms in total. The lowest BCUT2D eigenvalue weighted by atomic mass is 9.86. The summed E-state index contributed by atoms with van der Waals surface area (Å²) in [6.45, 7) is 6.36. The molecule has 0 fully saturated rings. The molecule has 0 bridgehead atoms. The Morgan fingerprint density at radius 3 is 2.65 bits per heavy atom. The van der Waals surface area contributed by atoms with E-state index in [2.05, 4.69) is 36.3 Å². The van der Waals surface area contributed by atoms with E-state index in [-0.39, 0.29) is 16.6 Å². The SMILES string of the molecule is CC(C)(C)c1ccc2cc(C(=O)O)c3nnnn3c2c1. The maximum absolute atomic E-state index is 11.3. The molecule has 3 rings (SSSR count). The molecule has 0 unspecified atom stereocenters. The monoisotopic (exact) mass is 270 g/mol. The minimum absolute atomic E-state index is 0.00000720. The van der Waals surface area contributed by atoms with Crippen LogP contribution in [-0.4, -0.2) is 31.1 Å². The number of nitrogens with zero attached hydrogens (tertiary/aromatic N) is 4. The molecular formula is C14H14N4O2. The number of aromatic carboxylic acids is 1. The summed E-state index contributed by atoms with van der Waals surface area (Å²) in [4.78, 5) is 11.3. The van der Waals surface area contributed by atoms with Crippen LogP contribution in [0.1, 0.15) is 36.7 Å². The van der Waals surface area contributed by atoms with Gasteiger partial charge in [-0.15, -0.1) is 5.10 Å². The Bertz CT molecular complexity index is 830. The number of aromatic nitrogens is 4. The predicted molar refractivity (Wildman–Crippen MR) is 73.9 cm³/mol. The first kappa shape index (κ1) is 12.5. The van der Waals surface area contributed by atoms with Crippen LogP contribution in [-0.2, 0) is 5.41 Å². The summed E-state index contributed by atoms with van der Waals surface area (Å²) >= 11 is 0. The first-order valence-corrected chi connectivity index (χ1v) is 6.26. The Balaban J connectivity index is 2.42. The van der Waals surface area contributed by atoms with E-state index in [0.717, 1.165) is 16.5 Å². The van der Waals surface area contributed by atoms with Gasteiger partial charge in [-0.25, -0.2) is 4.79 Å². The zero-order chi connectivity index (χ0) is 14.5. The number of carboxylic acid groups (broad SMARTS) is 1. The highest BCUT2D eigenvalue weighted by Gasteiger charge is 2.18. The zero-order valence-corrected chi connectivity index (χ0v) is 11.5. The van der Waals surface area contributed by atoms with Gasteiger partial charge in [0.2, 0.25) is 0 Å². The Labute approximate surface area is 115 Å². The van der Waals surface area contributed by atoms with Crippen molar-refractivity contribution in [1.29, 1.82) is 0 Å². The summed E-state index contributed by atoms with van der Waals surface area (Å²) in [7, 11) is 0. The van der Waals surface area contributed by atoms with Gasteiger partial charge in [0.25, 0.3) is 0 Å². The number of rotatable bonds is 1. The van der Waals surface area contributed by atoms with Gasteiger partial charge in [-0.3, -0.25) is 0 Å². The van der Waals surface area contributed by atoms with Crippen LogP contribution >= 0.6 is 0 Å². The van der Waals surface area contributed by atoms with Crippen molar-refractivity contribution < 1.29 is 9.90 Å². The largest absolute Gasteiger partial charge is 0.478 e. The molecule has 0 aliphatic carbocycles. The minimum Gasteiger partial charge on any atom is -0.478 e. The molecule has 1 aromatic carbocycles. The number of hydrogen-bond acceptors (Lipinski definition) is 4. The average molecular weight is 270 g/mol. The summed E-state index contributed by atoms with van der Waals surface area (Å²) in [5.74, 6) is -1.04. The van der Waals surface area contributed by atoms with Crippen molar-refractivity contribution in [3.05, 3.63) is 35.4 Å². The van der Waals surface area contributed by atoms with Crippen molar-refractivity contribution in [2.24, 2.45) is 0 Å². The standard InChI is InChI=1S/C14H14N4O2/c1-14(2,3)9-5-4-8-6-10(13(19)20)12-15-16-17-18(12)11(8)7-9/h4-7H,1-3H3,(H,19,20). The van der Waals surface area contributed by atoms with Gasteiger partial charge in [-0.2, -0.15) is 4.52 Å². The number of benzene rings is 1. The molecule has 0 aliphatic rings. The van der Waals surface area contributed by atoms with Gasteiger partial charge in [-0.1, -0.05) is 32.9 Å². The molecule has 0 saturated carbocycles. The Morgan fingerprint density at radius 1 is 1.25 bits per heavy atom. The van der Waals surface area contributed by atoms with Crippen molar-refractivity contribution in [2.75, 3.05) is 0 Å². The number of hydrogen-bond donors (Lipinski definition) is 1. The van der Waals surface area contributed by atoms with Crippen molar-refractivity contribution in [2.45, 2.75) is 26.2 Å². The lowest BCUT2D eigenvalue weighted by Crippen LogP contribution is -2.11. The predicted octanol–water partition coefficient (Wildman–Crippen LogP) is 2.27. The van der Waals surface area contributed by atoms with Crippen LogP contribution in [0.25, 0.3) is 16.6 Å². The molecule has 102 valence electrons. The summed E-state index contributed by atoms with van der Waals surface area (Å²) in [6.07, 6.45) is 0. The van der Waals surface area contributed by atoms with E-state index < -0.39 is 5.97 Å². The molecule has 0 aliphatic heterocycles. The molecule has 0 spiro atoms. The molecule has 6 heteroatoms. The second-order valence-corrected chi connectivity index (χ2v) is 5.80. The van der Waals surface area contributed by atoms with Crippen LogP contribution in [0.4, 0.5) is 0 Å². The summed E-state index contributed by atoms with van der Waals surface area (Å²) < 4.78 is 1.48. The summed E-state index contributed by atoms with van der Waals surface area (Å²) in [5.41, 5.74) is 2.31. The van der Waals surface area contributed by atoms with E-state index in [0.29, 0.717) is 0 Å². The fraction of sp³-hybridized carbons (Fsp3) is 0.286. The molecule has 2 heterocycles. The number of carbonyl (C=O) groups is 1. The zero-order valence-electron chi connectivity index (χ0n) is 11.5. The number of pyridine rings is 1. The van der Waals surface area contributed by atoms with E-state index in [1.165, 1.54) is 4.52 Å². The topological polar surface area (TPSA) is 80.4 Å². The van der Waals surface area contributed by atoms with Crippen molar-refractivity contribution in [1.82, 2.24) is 20.0 Å². The molecule has 3 aromatic rings. The van der Waals surface area contributed by atoms with Crippen molar-refractivity contribution in [3.8, 4) is 0 Å². The smallest absolute Gasteiger partial charge is 0.339 e. The fourth-order valence-electron chi connectivity index (χ4n) is 2.21. The second-order valence-electron chi connectivity index (χ2n) is 5.80. The number of carboxylic acids is 1. The molecular weight excluding hydrogens is 256 g/mol. The second kappa shape index (κ2) is 4.00. The van der Waals surface area contributed by atoms with E-state index in [9.17, 15) is 9.90 Å². The molecule has 1 N–H and O–H groups in total. The van der Waals surface area contributed by atoms with Gasteiger partial charge in [-0.05, 0) is 33.5 Å². The van der Waals surface area contributed by atoms with Gasteiger partial charge in [0.15, 0.2) is 5.65 Å². The molecule has 0 saturated heterocycles. The average Bonchev–Trinajstić information content (AvgIpc) is 2.85. The van der Waals surface area contributed by atoms with Crippen LogP contribution in [0.2, 0.25) is 0 Å². The number of tetrazole rings is 1. The molecule has 0 radical (unpaired) electrons. The van der Waals surface area contributed by atoms with Gasteiger partial charge < -0.3 is 5.11 Å². The Kier molecular flexibility index (Phi) is 2.50. The van der Waals surface area contributed by atoms with Crippen LogP contribution in [0.5, 0.6) is 0 Å². The van der Waals surface area contributed by atoms with E-state index in [1.807, 2.05) is 18.2 Å². The molecule has 20 heavy (non-hydrogen) atoms. The third-order valence-corrected chi connectivity index (χ3v) is 3.37. The maximum Gasteiger partial charge on any atom is 0.339 e.